The number of likely N-dealkylation sites (N-methyl/N-ethyl adjacent to an activating group) is 1. The number of hydrogen-bond acceptors (Lipinski definition) is 5. The highest BCUT2D eigenvalue weighted by molar-refractivity contribution is 7.92. The topological polar surface area (TPSA) is 96.0 Å². The second kappa shape index (κ2) is 13.1. The van der Waals surface area contributed by atoms with Crippen molar-refractivity contribution in [1.29, 1.82) is 0 Å². The van der Waals surface area contributed by atoms with E-state index >= 15 is 0 Å². The Balaban J connectivity index is 2.00. The first kappa shape index (κ1) is 28.7. The van der Waals surface area contributed by atoms with Gasteiger partial charge in [-0.1, -0.05) is 60.2 Å². The molecule has 202 valence electrons. The van der Waals surface area contributed by atoms with E-state index in [9.17, 15) is 18.0 Å². The van der Waals surface area contributed by atoms with Crippen molar-refractivity contribution >= 4 is 27.5 Å². The predicted octanol–water partition coefficient (Wildman–Crippen LogP) is 3.55. The van der Waals surface area contributed by atoms with E-state index in [0.29, 0.717) is 18.0 Å². The molecular formula is C29H35N3O5S. The second-order valence-corrected chi connectivity index (χ2v) is 10.9. The van der Waals surface area contributed by atoms with Crippen LogP contribution in [0.25, 0.3) is 0 Å². The van der Waals surface area contributed by atoms with Crippen LogP contribution in [-0.4, -0.2) is 57.6 Å². The van der Waals surface area contributed by atoms with Gasteiger partial charge in [0.25, 0.3) is 0 Å². The molecular weight excluding hydrogens is 502 g/mol. The van der Waals surface area contributed by atoms with Gasteiger partial charge < -0.3 is 15.0 Å². The number of anilines is 1. The smallest absolute Gasteiger partial charge is 0.244 e. The summed E-state index contributed by atoms with van der Waals surface area (Å²) in [6, 6.07) is 22.8. The molecule has 0 saturated heterocycles. The summed E-state index contributed by atoms with van der Waals surface area (Å²) in [5.41, 5.74) is 3.07. The Bertz CT molecular complexity index is 1330. The minimum absolute atomic E-state index is 0.145. The molecule has 1 unspecified atom stereocenters. The number of sulfonamides is 1. The normalized spacial score (nSPS) is 11.9. The second-order valence-electron chi connectivity index (χ2n) is 9.03. The van der Waals surface area contributed by atoms with Gasteiger partial charge in [0.05, 0.1) is 18.6 Å². The van der Waals surface area contributed by atoms with Gasteiger partial charge in [0.2, 0.25) is 21.8 Å². The number of benzene rings is 3. The number of amides is 2. The van der Waals surface area contributed by atoms with Crippen LogP contribution >= 0.6 is 0 Å². The molecule has 0 fully saturated rings. The molecule has 3 rings (SSSR count). The standard InChI is InChI=1S/C29H35N3O5S/c1-5-37-26-16-14-25(15-17-26)32(38(4,35)36)21-28(33)31(20-24-13-9-10-22(2)18-24)27(29(34)30-3)19-23-11-7-6-8-12-23/h6-18,27H,5,19-21H2,1-4H3,(H,30,34). The van der Waals surface area contributed by atoms with Crippen LogP contribution in [0, 0.1) is 6.92 Å². The summed E-state index contributed by atoms with van der Waals surface area (Å²) >= 11 is 0. The molecule has 1 N–H and O–H groups in total. The lowest BCUT2D eigenvalue weighted by Gasteiger charge is -2.33. The van der Waals surface area contributed by atoms with Crippen molar-refractivity contribution in [2.24, 2.45) is 0 Å². The summed E-state index contributed by atoms with van der Waals surface area (Å²) in [7, 11) is -2.29. The minimum Gasteiger partial charge on any atom is -0.494 e. The lowest BCUT2D eigenvalue weighted by atomic mass is 10.0. The van der Waals surface area contributed by atoms with Crippen LogP contribution in [-0.2, 0) is 32.6 Å². The van der Waals surface area contributed by atoms with Gasteiger partial charge in [-0.05, 0) is 49.2 Å². The van der Waals surface area contributed by atoms with Gasteiger partial charge in [0.1, 0.15) is 18.3 Å². The van der Waals surface area contributed by atoms with Crippen molar-refractivity contribution in [3.05, 3.63) is 95.6 Å². The number of aryl methyl sites for hydroxylation is 1. The van der Waals surface area contributed by atoms with Gasteiger partial charge in [-0.15, -0.1) is 0 Å². The maximum absolute atomic E-state index is 13.9. The minimum atomic E-state index is -3.82. The van der Waals surface area contributed by atoms with Gasteiger partial charge in [-0.2, -0.15) is 0 Å². The molecule has 0 spiro atoms. The van der Waals surface area contributed by atoms with E-state index in [0.717, 1.165) is 27.3 Å². The molecule has 9 heteroatoms. The molecule has 3 aromatic carbocycles. The number of ether oxygens (including phenoxy) is 1. The lowest BCUT2D eigenvalue weighted by molar-refractivity contribution is -0.139. The van der Waals surface area contributed by atoms with Crippen LogP contribution in [0.2, 0.25) is 0 Å². The summed E-state index contributed by atoms with van der Waals surface area (Å²) in [4.78, 5) is 28.5. The fraction of sp³-hybridized carbons (Fsp3) is 0.310. The average Bonchev–Trinajstić information content (AvgIpc) is 2.89. The first-order valence-corrected chi connectivity index (χ1v) is 14.3. The number of rotatable bonds is 12. The molecule has 2 amide bonds. The van der Waals surface area contributed by atoms with E-state index in [-0.39, 0.29) is 18.9 Å². The number of carbonyl (C=O) groups is 2. The van der Waals surface area contributed by atoms with Gasteiger partial charge in [-0.3, -0.25) is 13.9 Å². The van der Waals surface area contributed by atoms with Crippen molar-refractivity contribution in [1.82, 2.24) is 10.2 Å². The van der Waals surface area contributed by atoms with Crippen LogP contribution in [0.15, 0.2) is 78.9 Å². The van der Waals surface area contributed by atoms with Crippen LogP contribution in [0.5, 0.6) is 5.75 Å². The molecule has 0 aliphatic heterocycles. The zero-order valence-electron chi connectivity index (χ0n) is 22.3. The molecule has 3 aromatic rings. The molecule has 0 bridgehead atoms. The Morgan fingerprint density at radius 3 is 2.18 bits per heavy atom. The maximum atomic E-state index is 13.9. The number of nitrogens with zero attached hydrogens (tertiary/aromatic N) is 2. The monoisotopic (exact) mass is 537 g/mol. The van der Waals surface area contributed by atoms with Crippen molar-refractivity contribution in [3.63, 3.8) is 0 Å². The van der Waals surface area contributed by atoms with Gasteiger partial charge in [0.15, 0.2) is 0 Å². The van der Waals surface area contributed by atoms with E-state index in [1.54, 1.807) is 24.3 Å². The third-order valence-electron chi connectivity index (χ3n) is 6.07. The van der Waals surface area contributed by atoms with Crippen LogP contribution in [0.3, 0.4) is 0 Å². The Kier molecular flexibility index (Phi) is 9.90. The van der Waals surface area contributed by atoms with E-state index in [4.69, 9.17) is 4.74 Å². The molecule has 0 radical (unpaired) electrons. The van der Waals surface area contributed by atoms with Crippen LogP contribution < -0.4 is 14.4 Å². The van der Waals surface area contributed by atoms with Crippen molar-refractivity contribution in [2.75, 3.05) is 30.8 Å². The van der Waals surface area contributed by atoms with E-state index in [2.05, 4.69) is 5.32 Å². The third kappa shape index (κ3) is 7.82. The van der Waals surface area contributed by atoms with E-state index < -0.39 is 28.5 Å². The molecule has 0 aromatic heterocycles. The lowest BCUT2D eigenvalue weighted by Crippen LogP contribution is -2.52. The number of nitrogens with one attached hydrogen (secondary N) is 1. The van der Waals surface area contributed by atoms with Gasteiger partial charge in [0, 0.05) is 20.0 Å². The van der Waals surface area contributed by atoms with Crippen molar-refractivity contribution < 1.29 is 22.7 Å². The quantitative estimate of drug-likeness (QED) is 0.381. The fourth-order valence-electron chi connectivity index (χ4n) is 4.22. The third-order valence-corrected chi connectivity index (χ3v) is 7.21. The highest BCUT2D eigenvalue weighted by Gasteiger charge is 2.32. The SMILES string of the molecule is CCOc1ccc(N(CC(=O)N(Cc2cccc(C)c2)C(Cc2ccccc2)C(=O)NC)S(C)(=O)=O)cc1. The molecule has 0 aliphatic carbocycles. The van der Waals surface area contributed by atoms with Crippen molar-refractivity contribution in [3.8, 4) is 5.75 Å². The van der Waals surface area contributed by atoms with Gasteiger partial charge >= 0.3 is 0 Å². The van der Waals surface area contributed by atoms with Crippen molar-refractivity contribution in [2.45, 2.75) is 32.9 Å². The Morgan fingerprint density at radius 2 is 1.61 bits per heavy atom. The van der Waals surface area contributed by atoms with Crippen LogP contribution in [0.4, 0.5) is 5.69 Å². The molecule has 8 nitrogen and oxygen atoms in total. The van der Waals surface area contributed by atoms with Crippen LogP contribution in [0.1, 0.15) is 23.6 Å². The van der Waals surface area contributed by atoms with E-state index in [1.165, 1.54) is 11.9 Å². The Morgan fingerprint density at radius 1 is 0.947 bits per heavy atom. The summed E-state index contributed by atoms with van der Waals surface area (Å²) in [5, 5.41) is 2.67. The summed E-state index contributed by atoms with van der Waals surface area (Å²) in [6.45, 7) is 3.97. The summed E-state index contributed by atoms with van der Waals surface area (Å²) in [6.07, 6.45) is 1.34. The number of carbonyl (C=O) groups excluding carboxylic acids is 2. The Labute approximate surface area is 225 Å². The molecule has 38 heavy (non-hydrogen) atoms. The predicted molar refractivity (Wildman–Crippen MR) is 150 cm³/mol. The zero-order chi connectivity index (χ0) is 27.7. The molecule has 0 heterocycles. The first-order chi connectivity index (χ1) is 18.1. The largest absolute Gasteiger partial charge is 0.494 e. The summed E-state index contributed by atoms with van der Waals surface area (Å²) in [5.74, 6) is -0.225. The first-order valence-electron chi connectivity index (χ1n) is 12.4. The van der Waals surface area contributed by atoms with E-state index in [1.807, 2.05) is 68.4 Å². The fourth-order valence-corrected chi connectivity index (χ4v) is 5.07. The Hall–Kier alpha value is -3.85. The highest BCUT2D eigenvalue weighted by atomic mass is 32.2. The average molecular weight is 538 g/mol. The summed E-state index contributed by atoms with van der Waals surface area (Å²) < 4.78 is 32.1. The highest BCUT2D eigenvalue weighted by Crippen LogP contribution is 2.23. The number of hydrogen-bond donors (Lipinski definition) is 1. The zero-order valence-corrected chi connectivity index (χ0v) is 23.1. The molecule has 1 atom stereocenters. The van der Waals surface area contributed by atoms with Gasteiger partial charge in [-0.25, -0.2) is 8.42 Å². The maximum Gasteiger partial charge on any atom is 0.244 e. The molecule has 0 aliphatic rings. The molecule has 0 saturated carbocycles.